The van der Waals surface area contributed by atoms with Crippen molar-refractivity contribution in [3.8, 4) is 0 Å². The number of halogens is 2. The van der Waals surface area contributed by atoms with E-state index in [1.54, 1.807) is 0 Å². The van der Waals surface area contributed by atoms with Crippen molar-refractivity contribution in [1.29, 1.82) is 0 Å². The van der Waals surface area contributed by atoms with Gasteiger partial charge in [0.25, 0.3) is 0 Å². The number of hydrogen-bond donors (Lipinski definition) is 1. The maximum absolute atomic E-state index is 13.0. The van der Waals surface area contributed by atoms with Gasteiger partial charge in [-0.1, -0.05) is 56.4 Å². The molecule has 7 atom stereocenters. The van der Waals surface area contributed by atoms with Crippen molar-refractivity contribution in [1.82, 2.24) is 4.90 Å². The highest BCUT2D eigenvalue weighted by atomic mass is 32.1. The Morgan fingerprint density at radius 2 is 1.90 bits per heavy atom. The monoisotopic (exact) mass is 444 g/mol. The molecule has 31 heavy (non-hydrogen) atoms. The van der Waals surface area contributed by atoms with E-state index in [0.29, 0.717) is 24.2 Å². The number of nitrogens with two attached hydrogens (primary N) is 1. The zero-order chi connectivity index (χ0) is 21.8. The minimum absolute atomic E-state index is 0.0573. The molecule has 0 aromatic heterocycles. The molecule has 5 aliphatic rings. The van der Waals surface area contributed by atoms with Crippen molar-refractivity contribution < 1.29 is 8.78 Å². The third kappa shape index (κ3) is 2.19. The van der Waals surface area contributed by atoms with Gasteiger partial charge in [0, 0.05) is 36.4 Å². The third-order valence-electron chi connectivity index (χ3n) is 10.6. The summed E-state index contributed by atoms with van der Waals surface area (Å²) in [7, 11) is 0. The van der Waals surface area contributed by atoms with Gasteiger partial charge < -0.3 is 10.6 Å². The van der Waals surface area contributed by atoms with E-state index in [9.17, 15) is 8.78 Å². The van der Waals surface area contributed by atoms with Gasteiger partial charge in [0.2, 0.25) is 6.43 Å². The summed E-state index contributed by atoms with van der Waals surface area (Å²) in [4.78, 5) is 3.65. The second kappa shape index (κ2) is 6.28. The van der Waals surface area contributed by atoms with Crippen LogP contribution in [0.15, 0.2) is 30.3 Å². The summed E-state index contributed by atoms with van der Waals surface area (Å²) in [5, 5.41) is 0. The van der Waals surface area contributed by atoms with E-state index in [1.807, 2.05) is 0 Å². The zero-order valence-electron chi connectivity index (χ0n) is 18.6. The molecule has 2 N–H and O–H groups in total. The molecule has 1 aromatic rings. The summed E-state index contributed by atoms with van der Waals surface area (Å²) in [5.41, 5.74) is 8.52. The fourth-order valence-electron chi connectivity index (χ4n) is 9.41. The van der Waals surface area contributed by atoms with Gasteiger partial charge >= 0.3 is 0 Å². The summed E-state index contributed by atoms with van der Waals surface area (Å²) in [6.07, 6.45) is 3.00. The molecule has 0 amide bonds. The van der Waals surface area contributed by atoms with Crippen LogP contribution in [0.5, 0.6) is 0 Å². The van der Waals surface area contributed by atoms with E-state index >= 15 is 0 Å². The van der Waals surface area contributed by atoms with E-state index in [2.05, 4.69) is 49.1 Å². The number of thiocarbonyl (C=S) groups is 1. The molecule has 5 fully saturated rings. The molecule has 4 saturated carbocycles. The number of alkyl halides is 2. The van der Waals surface area contributed by atoms with Gasteiger partial charge in [-0.2, -0.15) is 0 Å². The van der Waals surface area contributed by atoms with Gasteiger partial charge in [0.05, 0.1) is 4.99 Å². The van der Waals surface area contributed by atoms with Crippen molar-refractivity contribution in [2.75, 3.05) is 13.1 Å². The lowest BCUT2D eigenvalue weighted by molar-refractivity contribution is -0.453. The predicted molar refractivity (Wildman–Crippen MR) is 123 cm³/mol. The Kier molecular flexibility index (Phi) is 4.16. The average Bonchev–Trinajstić information content (AvgIpc) is 2.68. The van der Waals surface area contributed by atoms with Crippen molar-refractivity contribution in [2.45, 2.75) is 70.3 Å². The first-order chi connectivity index (χ1) is 14.7. The lowest BCUT2D eigenvalue weighted by Crippen LogP contribution is -2.96. The van der Waals surface area contributed by atoms with Gasteiger partial charge in [0.1, 0.15) is 0 Å². The van der Waals surface area contributed by atoms with Crippen LogP contribution < -0.4 is 5.73 Å². The largest absolute Gasteiger partial charge is 0.365 e. The molecular weight excluding hydrogens is 410 g/mol. The highest BCUT2D eigenvalue weighted by Crippen LogP contribution is 2.99. The molecule has 0 radical (unpaired) electrons. The maximum atomic E-state index is 13.0. The lowest BCUT2D eigenvalue weighted by atomic mass is 9.05. The third-order valence-corrected chi connectivity index (χ3v) is 11.2. The summed E-state index contributed by atoms with van der Waals surface area (Å²) >= 11 is 6.27. The van der Waals surface area contributed by atoms with Crippen LogP contribution in [0.3, 0.4) is 0 Å². The second-order valence-electron chi connectivity index (χ2n) is 11.9. The van der Waals surface area contributed by atoms with E-state index in [1.165, 1.54) is 17.0 Å². The zero-order valence-corrected chi connectivity index (χ0v) is 19.4. The van der Waals surface area contributed by atoms with E-state index in [4.69, 9.17) is 18.0 Å². The van der Waals surface area contributed by atoms with Crippen molar-refractivity contribution in [3.63, 3.8) is 0 Å². The highest BCUT2D eigenvalue weighted by molar-refractivity contribution is 7.80. The summed E-state index contributed by atoms with van der Waals surface area (Å²) in [6.45, 7) is 6.42. The van der Waals surface area contributed by atoms with E-state index < -0.39 is 6.43 Å². The quantitative estimate of drug-likeness (QED) is 0.617. The predicted octanol–water partition coefficient (Wildman–Crippen LogP) is 5.40. The van der Waals surface area contributed by atoms with Crippen LogP contribution in [-0.4, -0.2) is 35.4 Å². The summed E-state index contributed by atoms with van der Waals surface area (Å²) < 4.78 is 26.0. The molecular formula is C26H34F2N2S. The minimum atomic E-state index is -2.18. The number of hydrogen-bond acceptors (Lipinski definition) is 2. The average molecular weight is 445 g/mol. The van der Waals surface area contributed by atoms with Crippen LogP contribution in [0.4, 0.5) is 8.78 Å². The van der Waals surface area contributed by atoms with Gasteiger partial charge in [-0.05, 0) is 66.3 Å². The molecule has 1 heterocycles. The Labute approximate surface area is 189 Å². The number of rotatable bonds is 5. The normalized spacial score (nSPS) is 46.1. The van der Waals surface area contributed by atoms with Crippen LogP contribution in [0, 0.1) is 34.0 Å². The van der Waals surface area contributed by atoms with Gasteiger partial charge in [0.15, 0.2) is 0 Å². The molecule has 168 valence electrons. The first-order valence-corrected chi connectivity index (χ1v) is 12.5. The van der Waals surface area contributed by atoms with Crippen LogP contribution in [0.25, 0.3) is 0 Å². The number of likely N-dealkylation sites (tertiary alicyclic amines) is 1. The van der Waals surface area contributed by atoms with Crippen molar-refractivity contribution in [2.24, 2.45) is 39.7 Å². The lowest BCUT2D eigenvalue weighted by Gasteiger charge is -2.98. The molecule has 1 saturated heterocycles. The smallest absolute Gasteiger partial charge is 0.238 e. The highest BCUT2D eigenvalue weighted by Gasteiger charge is 2.97. The summed E-state index contributed by atoms with van der Waals surface area (Å²) in [5.74, 6) is 1.64. The Balaban J connectivity index is 1.31. The van der Waals surface area contributed by atoms with Crippen LogP contribution in [0.1, 0.15) is 57.9 Å². The molecule has 5 heteroatoms. The topological polar surface area (TPSA) is 29.3 Å². The van der Waals surface area contributed by atoms with E-state index in [0.717, 1.165) is 32.4 Å². The number of piperidine rings is 1. The molecule has 6 unspecified atom stereocenters. The fourth-order valence-corrected chi connectivity index (χ4v) is 9.89. The second-order valence-corrected chi connectivity index (χ2v) is 12.3. The number of nitrogens with zero attached hydrogens (tertiary/aromatic N) is 1. The molecule has 4 aliphatic carbocycles. The Morgan fingerprint density at radius 1 is 1.19 bits per heavy atom. The van der Waals surface area contributed by atoms with Crippen LogP contribution in [-0.2, 0) is 5.41 Å². The molecule has 6 rings (SSSR count). The van der Waals surface area contributed by atoms with E-state index in [-0.39, 0.29) is 34.1 Å². The molecule has 1 aromatic carbocycles. The first kappa shape index (κ1) is 20.5. The number of benzene rings is 1. The van der Waals surface area contributed by atoms with Gasteiger partial charge in [-0.15, -0.1) is 0 Å². The van der Waals surface area contributed by atoms with Crippen LogP contribution in [0.2, 0.25) is 0 Å². The Hall–Kier alpha value is -1.07. The van der Waals surface area contributed by atoms with Crippen LogP contribution >= 0.6 is 12.2 Å². The fraction of sp³-hybridized carbons (Fsp3) is 0.731. The van der Waals surface area contributed by atoms with Crippen molar-refractivity contribution in [3.05, 3.63) is 35.9 Å². The Bertz CT molecular complexity index is 911. The standard InChI is InChI=1S/C26H34F2N2S/c1-23(2)15-30(11-10-20(23)29)22(31)25-13-19-17(8-9-21(27)28)18-12-24(14-25,26(18,19)25)16-6-4-3-5-7-16/h3-7,17-21H,8-15,29H2,1-2H3/t17?,18?,19?,20-,24?,25?,26?/m0/s1. The molecule has 1 aliphatic heterocycles. The first-order valence-electron chi connectivity index (χ1n) is 12.1. The summed E-state index contributed by atoms with van der Waals surface area (Å²) in [6, 6.07) is 11.2. The maximum Gasteiger partial charge on any atom is 0.238 e. The molecule has 2 nitrogen and oxygen atoms in total. The molecule has 1 spiro atoms. The molecule has 0 bridgehead atoms. The van der Waals surface area contributed by atoms with Crippen molar-refractivity contribution >= 4 is 17.2 Å². The SMILES string of the molecule is CC1(C)CN(C(=S)C23CC4C(CCC(F)F)C5CC(c6ccccc6)(C2)C453)CC[C@@H]1N. The van der Waals surface area contributed by atoms with Gasteiger partial charge in [-0.25, -0.2) is 8.78 Å². The minimum Gasteiger partial charge on any atom is -0.365 e. The Morgan fingerprint density at radius 3 is 2.55 bits per heavy atom. The van der Waals surface area contributed by atoms with Gasteiger partial charge in [-0.3, -0.25) is 0 Å².